The Morgan fingerprint density at radius 3 is 3.00 bits per heavy atom. The van der Waals surface area contributed by atoms with Crippen LogP contribution in [-0.4, -0.2) is 35.1 Å². The average molecular weight is 263 g/mol. The minimum atomic E-state index is 0.0847. The number of nitrogens with zero attached hydrogens (tertiary/aromatic N) is 2. The Morgan fingerprint density at radius 2 is 2.37 bits per heavy atom. The molecule has 5 heteroatoms. The molecule has 0 aromatic carbocycles. The lowest BCUT2D eigenvalue weighted by atomic mass is 9.99. The molecule has 0 saturated carbocycles. The van der Waals surface area contributed by atoms with E-state index in [1.165, 1.54) is 0 Å². The number of hydrogen-bond acceptors (Lipinski definition) is 4. The van der Waals surface area contributed by atoms with Gasteiger partial charge in [0.25, 0.3) is 0 Å². The second-order valence-corrected chi connectivity index (χ2v) is 5.70. The van der Waals surface area contributed by atoms with Gasteiger partial charge in [0.1, 0.15) is 0 Å². The summed E-state index contributed by atoms with van der Waals surface area (Å²) >= 11 is 0. The minimum Gasteiger partial charge on any atom is -0.359 e. The summed E-state index contributed by atoms with van der Waals surface area (Å²) in [5.41, 5.74) is 0.880. The van der Waals surface area contributed by atoms with Gasteiger partial charge in [0.15, 0.2) is 5.76 Å². The van der Waals surface area contributed by atoms with Crippen molar-refractivity contribution in [3.8, 4) is 0 Å². The second-order valence-electron chi connectivity index (χ2n) is 5.70. The first-order valence-electron chi connectivity index (χ1n) is 7.14. The number of rotatable bonds is 2. The first-order chi connectivity index (χ1) is 9.16. The fourth-order valence-electron chi connectivity index (χ4n) is 3.28. The van der Waals surface area contributed by atoms with Gasteiger partial charge in [-0.1, -0.05) is 5.16 Å². The van der Waals surface area contributed by atoms with Gasteiger partial charge in [-0.3, -0.25) is 4.79 Å². The van der Waals surface area contributed by atoms with Crippen LogP contribution in [0, 0.1) is 12.8 Å². The third-order valence-corrected chi connectivity index (χ3v) is 4.35. The molecule has 1 aromatic heterocycles. The molecule has 2 aliphatic rings. The van der Waals surface area contributed by atoms with Crippen LogP contribution in [0.3, 0.4) is 0 Å². The lowest BCUT2D eigenvalue weighted by molar-refractivity contribution is -0.137. The maximum atomic E-state index is 12.7. The molecule has 0 aliphatic carbocycles. The molecule has 3 atom stereocenters. The number of amides is 1. The van der Waals surface area contributed by atoms with Gasteiger partial charge < -0.3 is 14.7 Å². The van der Waals surface area contributed by atoms with Crippen LogP contribution in [0.25, 0.3) is 0 Å². The van der Waals surface area contributed by atoms with Gasteiger partial charge in [-0.15, -0.1) is 0 Å². The van der Waals surface area contributed by atoms with Gasteiger partial charge in [-0.05, 0) is 39.7 Å². The molecule has 2 aliphatic heterocycles. The Kier molecular flexibility index (Phi) is 3.31. The van der Waals surface area contributed by atoms with Crippen molar-refractivity contribution in [3.63, 3.8) is 0 Å². The molecule has 3 unspecified atom stereocenters. The number of carbonyl (C=O) groups excluding carboxylic acids is 1. The lowest BCUT2D eigenvalue weighted by Gasteiger charge is -2.27. The van der Waals surface area contributed by atoms with Crippen LogP contribution in [0.1, 0.15) is 43.7 Å². The van der Waals surface area contributed by atoms with Crippen molar-refractivity contribution >= 4 is 5.91 Å². The Bertz CT molecular complexity index is 471. The van der Waals surface area contributed by atoms with Crippen LogP contribution < -0.4 is 5.32 Å². The highest BCUT2D eigenvalue weighted by atomic mass is 16.5. The monoisotopic (exact) mass is 263 g/mol. The smallest absolute Gasteiger partial charge is 0.227 e. The SMILES string of the molecule is Cc1cc(C2CCCN2C(=O)C2CCNC2C)on1. The molecule has 5 nitrogen and oxygen atoms in total. The predicted octanol–water partition coefficient (Wildman–Crippen LogP) is 1.64. The summed E-state index contributed by atoms with van der Waals surface area (Å²) in [6, 6.07) is 2.32. The Labute approximate surface area is 113 Å². The van der Waals surface area contributed by atoms with E-state index in [1.807, 2.05) is 17.9 Å². The number of nitrogens with one attached hydrogen (secondary N) is 1. The normalized spacial score (nSPS) is 31.1. The Hall–Kier alpha value is -1.36. The zero-order chi connectivity index (χ0) is 13.4. The van der Waals surface area contributed by atoms with Crippen molar-refractivity contribution in [2.45, 2.75) is 45.2 Å². The molecule has 2 fully saturated rings. The first kappa shape index (κ1) is 12.7. The van der Waals surface area contributed by atoms with E-state index in [4.69, 9.17) is 4.52 Å². The van der Waals surface area contributed by atoms with E-state index in [-0.39, 0.29) is 23.9 Å². The molecule has 1 amide bonds. The average Bonchev–Trinajstić information content (AvgIpc) is 3.07. The summed E-state index contributed by atoms with van der Waals surface area (Å²) in [4.78, 5) is 14.7. The van der Waals surface area contributed by atoms with E-state index in [0.717, 1.165) is 43.8 Å². The van der Waals surface area contributed by atoms with Crippen molar-refractivity contribution in [1.29, 1.82) is 0 Å². The largest absolute Gasteiger partial charge is 0.359 e. The summed E-state index contributed by atoms with van der Waals surface area (Å²) in [7, 11) is 0. The standard InChI is InChI=1S/C14H21N3O2/c1-9-8-13(19-16-9)12-4-3-7-17(12)14(18)11-5-6-15-10(11)2/h8,10-12,15H,3-7H2,1-2H3. The number of aromatic nitrogens is 1. The summed E-state index contributed by atoms with van der Waals surface area (Å²) in [6.07, 6.45) is 2.97. The van der Waals surface area contributed by atoms with Crippen molar-refractivity contribution < 1.29 is 9.32 Å². The van der Waals surface area contributed by atoms with Crippen molar-refractivity contribution in [3.05, 3.63) is 17.5 Å². The molecule has 19 heavy (non-hydrogen) atoms. The maximum Gasteiger partial charge on any atom is 0.227 e. The van der Waals surface area contributed by atoms with Crippen LogP contribution in [0.2, 0.25) is 0 Å². The first-order valence-corrected chi connectivity index (χ1v) is 7.14. The van der Waals surface area contributed by atoms with E-state index in [1.54, 1.807) is 0 Å². The topological polar surface area (TPSA) is 58.4 Å². The van der Waals surface area contributed by atoms with E-state index < -0.39 is 0 Å². The number of hydrogen-bond donors (Lipinski definition) is 1. The molecule has 3 heterocycles. The summed E-state index contributed by atoms with van der Waals surface area (Å²) in [6.45, 7) is 5.79. The quantitative estimate of drug-likeness (QED) is 0.881. The Morgan fingerprint density at radius 1 is 1.53 bits per heavy atom. The molecular weight excluding hydrogens is 242 g/mol. The highest BCUT2D eigenvalue weighted by Gasteiger charge is 2.39. The van der Waals surface area contributed by atoms with E-state index >= 15 is 0 Å². The number of aryl methyl sites for hydroxylation is 1. The maximum absolute atomic E-state index is 12.7. The summed E-state index contributed by atoms with van der Waals surface area (Å²) in [5, 5.41) is 7.29. The zero-order valence-electron chi connectivity index (χ0n) is 11.6. The van der Waals surface area contributed by atoms with Crippen LogP contribution in [0.5, 0.6) is 0 Å². The Balaban J connectivity index is 1.77. The van der Waals surface area contributed by atoms with Gasteiger partial charge in [-0.25, -0.2) is 0 Å². The van der Waals surface area contributed by atoms with Crippen LogP contribution in [0.15, 0.2) is 10.6 Å². The van der Waals surface area contributed by atoms with Crippen LogP contribution >= 0.6 is 0 Å². The number of carbonyl (C=O) groups is 1. The highest BCUT2D eigenvalue weighted by Crippen LogP contribution is 2.34. The van der Waals surface area contributed by atoms with Gasteiger partial charge in [0, 0.05) is 18.7 Å². The van der Waals surface area contributed by atoms with Gasteiger partial charge in [0.05, 0.1) is 17.7 Å². The third kappa shape index (κ3) is 2.27. The van der Waals surface area contributed by atoms with Gasteiger partial charge in [0.2, 0.25) is 5.91 Å². The summed E-state index contributed by atoms with van der Waals surface area (Å²) in [5.74, 6) is 1.22. The molecule has 2 saturated heterocycles. The molecule has 0 bridgehead atoms. The molecule has 0 spiro atoms. The van der Waals surface area contributed by atoms with Crippen LogP contribution in [0.4, 0.5) is 0 Å². The van der Waals surface area contributed by atoms with Gasteiger partial charge in [-0.2, -0.15) is 0 Å². The van der Waals surface area contributed by atoms with Crippen molar-refractivity contribution in [2.75, 3.05) is 13.1 Å². The summed E-state index contributed by atoms with van der Waals surface area (Å²) < 4.78 is 5.36. The zero-order valence-corrected chi connectivity index (χ0v) is 11.6. The fraction of sp³-hybridized carbons (Fsp3) is 0.714. The molecule has 3 rings (SSSR count). The molecule has 1 aromatic rings. The molecule has 0 radical (unpaired) electrons. The van der Waals surface area contributed by atoms with Crippen molar-refractivity contribution in [2.24, 2.45) is 5.92 Å². The van der Waals surface area contributed by atoms with Crippen LogP contribution in [-0.2, 0) is 4.79 Å². The van der Waals surface area contributed by atoms with Gasteiger partial charge >= 0.3 is 0 Å². The third-order valence-electron chi connectivity index (χ3n) is 4.35. The van der Waals surface area contributed by atoms with E-state index in [0.29, 0.717) is 0 Å². The predicted molar refractivity (Wildman–Crippen MR) is 70.5 cm³/mol. The second kappa shape index (κ2) is 4.96. The molecular formula is C14H21N3O2. The van der Waals surface area contributed by atoms with E-state index in [2.05, 4.69) is 17.4 Å². The highest BCUT2D eigenvalue weighted by molar-refractivity contribution is 5.80. The fourth-order valence-corrected chi connectivity index (χ4v) is 3.28. The minimum absolute atomic E-state index is 0.0847. The number of likely N-dealkylation sites (tertiary alicyclic amines) is 1. The molecule has 1 N–H and O–H groups in total. The lowest BCUT2D eigenvalue weighted by Crippen LogP contribution is -2.39. The molecule has 104 valence electrons. The van der Waals surface area contributed by atoms with E-state index in [9.17, 15) is 4.79 Å². The van der Waals surface area contributed by atoms with Crippen molar-refractivity contribution in [1.82, 2.24) is 15.4 Å².